The Kier molecular flexibility index (Phi) is 6.20. The predicted octanol–water partition coefficient (Wildman–Crippen LogP) is 3.56. The van der Waals surface area contributed by atoms with E-state index in [2.05, 4.69) is 11.4 Å². The van der Waals surface area contributed by atoms with Crippen molar-refractivity contribution in [3.8, 4) is 16.3 Å². The number of nitrogens with one attached hydrogen (secondary N) is 1. The molecule has 0 aliphatic carbocycles. The molecule has 0 saturated carbocycles. The average Bonchev–Trinajstić information content (AvgIpc) is 3.32. The third-order valence-electron chi connectivity index (χ3n) is 4.22. The molecule has 6 heteroatoms. The lowest BCUT2D eigenvalue weighted by atomic mass is 10.2. The highest BCUT2D eigenvalue weighted by Crippen LogP contribution is 2.28. The van der Waals surface area contributed by atoms with Crippen LogP contribution in [0.25, 0.3) is 16.3 Å². The van der Waals surface area contributed by atoms with Gasteiger partial charge in [0.1, 0.15) is 5.69 Å². The van der Waals surface area contributed by atoms with Crippen LogP contribution in [0, 0.1) is 0 Å². The maximum atomic E-state index is 12.4. The molecule has 2 aromatic heterocycles. The van der Waals surface area contributed by atoms with E-state index in [-0.39, 0.29) is 5.91 Å². The molecule has 136 valence electrons. The molecule has 0 fully saturated rings. The van der Waals surface area contributed by atoms with Gasteiger partial charge in [0.25, 0.3) is 0 Å². The van der Waals surface area contributed by atoms with E-state index in [1.165, 1.54) is 0 Å². The molecule has 0 aliphatic rings. The van der Waals surface area contributed by atoms with Crippen LogP contribution < -0.4 is 5.32 Å². The van der Waals surface area contributed by atoms with E-state index in [1.54, 1.807) is 16.2 Å². The number of carbonyl (C=O) groups excluding carboxylic acids is 1. The van der Waals surface area contributed by atoms with Crippen LogP contribution in [-0.2, 0) is 11.3 Å². The molecule has 0 aliphatic heterocycles. The fourth-order valence-electron chi connectivity index (χ4n) is 2.81. The van der Waals surface area contributed by atoms with E-state index in [0.717, 1.165) is 34.8 Å². The molecule has 3 aromatic rings. The number of rotatable bonds is 8. The lowest BCUT2D eigenvalue weighted by molar-refractivity contribution is -0.130. The van der Waals surface area contributed by atoms with Gasteiger partial charge in [-0.3, -0.25) is 4.79 Å². The molecule has 1 amide bonds. The summed E-state index contributed by atoms with van der Waals surface area (Å²) in [6.45, 7) is 1.41. The van der Waals surface area contributed by atoms with Gasteiger partial charge in [-0.2, -0.15) is 5.10 Å². The fraction of sp³-hybridized carbons (Fsp3) is 0.300. The van der Waals surface area contributed by atoms with E-state index in [4.69, 9.17) is 5.10 Å². The fourth-order valence-corrected chi connectivity index (χ4v) is 3.55. The Morgan fingerprint density at radius 1 is 1.23 bits per heavy atom. The number of hydrogen-bond acceptors (Lipinski definition) is 4. The number of thiophene rings is 1. The summed E-state index contributed by atoms with van der Waals surface area (Å²) in [6, 6.07) is 14.1. The number of benzene rings is 1. The highest BCUT2D eigenvalue weighted by atomic mass is 32.1. The summed E-state index contributed by atoms with van der Waals surface area (Å²) in [5, 5.41) is 9.92. The molecule has 0 bridgehead atoms. The van der Waals surface area contributed by atoms with E-state index in [0.29, 0.717) is 13.0 Å². The van der Waals surface area contributed by atoms with Gasteiger partial charge < -0.3 is 10.2 Å². The average molecular weight is 369 g/mol. The SMILES string of the molecule is CNCCCC(=O)N(C)Cc1cn(-c2ccccc2)nc1-c1cccs1. The summed E-state index contributed by atoms with van der Waals surface area (Å²) in [7, 11) is 3.76. The van der Waals surface area contributed by atoms with E-state index >= 15 is 0 Å². The summed E-state index contributed by atoms with van der Waals surface area (Å²) >= 11 is 1.66. The molecule has 0 saturated heterocycles. The molecule has 0 spiro atoms. The number of para-hydroxylation sites is 1. The lowest BCUT2D eigenvalue weighted by Crippen LogP contribution is -2.26. The quantitative estimate of drug-likeness (QED) is 0.619. The van der Waals surface area contributed by atoms with Crippen molar-refractivity contribution in [3.63, 3.8) is 0 Å². The number of hydrogen-bond donors (Lipinski definition) is 1. The largest absolute Gasteiger partial charge is 0.341 e. The Hall–Kier alpha value is -2.44. The Morgan fingerprint density at radius 3 is 2.73 bits per heavy atom. The summed E-state index contributed by atoms with van der Waals surface area (Å²) in [6.07, 6.45) is 3.43. The second kappa shape index (κ2) is 8.78. The Balaban J connectivity index is 1.83. The van der Waals surface area contributed by atoms with Crippen molar-refractivity contribution < 1.29 is 4.79 Å². The first kappa shape index (κ1) is 18.4. The monoisotopic (exact) mass is 368 g/mol. The zero-order chi connectivity index (χ0) is 18.4. The summed E-state index contributed by atoms with van der Waals surface area (Å²) < 4.78 is 1.89. The first-order valence-electron chi connectivity index (χ1n) is 8.75. The molecule has 26 heavy (non-hydrogen) atoms. The van der Waals surface area contributed by atoms with Crippen LogP contribution >= 0.6 is 11.3 Å². The van der Waals surface area contributed by atoms with Crippen molar-refractivity contribution in [1.29, 1.82) is 0 Å². The maximum Gasteiger partial charge on any atom is 0.222 e. The zero-order valence-corrected chi connectivity index (χ0v) is 16.0. The Labute approximate surface area is 158 Å². The predicted molar refractivity (Wildman–Crippen MR) is 107 cm³/mol. The lowest BCUT2D eigenvalue weighted by Gasteiger charge is -2.17. The molecule has 1 N–H and O–H groups in total. The van der Waals surface area contributed by atoms with Crippen molar-refractivity contribution >= 4 is 17.2 Å². The zero-order valence-electron chi connectivity index (χ0n) is 15.2. The summed E-state index contributed by atoms with van der Waals surface area (Å²) in [5.41, 5.74) is 3.01. The van der Waals surface area contributed by atoms with Gasteiger partial charge in [0.2, 0.25) is 5.91 Å². The minimum Gasteiger partial charge on any atom is -0.341 e. The molecule has 5 nitrogen and oxygen atoms in total. The number of nitrogens with zero attached hydrogens (tertiary/aromatic N) is 3. The van der Waals surface area contributed by atoms with Crippen LogP contribution in [0.2, 0.25) is 0 Å². The van der Waals surface area contributed by atoms with Gasteiger partial charge in [0.05, 0.1) is 10.6 Å². The topological polar surface area (TPSA) is 50.2 Å². The molecular weight excluding hydrogens is 344 g/mol. The number of amides is 1. The summed E-state index contributed by atoms with van der Waals surface area (Å²) in [4.78, 5) is 15.3. The normalized spacial score (nSPS) is 10.8. The van der Waals surface area contributed by atoms with Crippen LogP contribution in [0.4, 0.5) is 0 Å². The molecular formula is C20H24N4OS. The van der Waals surface area contributed by atoms with Gasteiger partial charge in [0.15, 0.2) is 0 Å². The standard InChI is InChI=1S/C20H24N4OS/c1-21-12-6-11-19(25)23(2)14-16-15-24(17-8-4-3-5-9-17)22-20(16)18-10-7-13-26-18/h3-5,7-10,13,15,21H,6,11-12,14H2,1-2H3. The van der Waals surface area contributed by atoms with Gasteiger partial charge in [-0.1, -0.05) is 24.3 Å². The molecule has 2 heterocycles. The minimum absolute atomic E-state index is 0.157. The molecule has 0 radical (unpaired) electrons. The highest BCUT2D eigenvalue weighted by molar-refractivity contribution is 7.13. The number of carbonyl (C=O) groups is 1. The van der Waals surface area contributed by atoms with Crippen LogP contribution in [0.1, 0.15) is 18.4 Å². The minimum atomic E-state index is 0.157. The van der Waals surface area contributed by atoms with E-state index in [9.17, 15) is 4.79 Å². The van der Waals surface area contributed by atoms with Crippen LogP contribution in [0.15, 0.2) is 54.0 Å². The Morgan fingerprint density at radius 2 is 2.04 bits per heavy atom. The van der Waals surface area contributed by atoms with E-state index < -0.39 is 0 Å². The maximum absolute atomic E-state index is 12.4. The second-order valence-electron chi connectivity index (χ2n) is 6.22. The van der Waals surface area contributed by atoms with Gasteiger partial charge in [-0.25, -0.2) is 4.68 Å². The smallest absolute Gasteiger partial charge is 0.222 e. The first-order valence-corrected chi connectivity index (χ1v) is 9.63. The van der Waals surface area contributed by atoms with Crippen molar-refractivity contribution in [2.24, 2.45) is 0 Å². The molecule has 1 aromatic carbocycles. The Bertz CT molecular complexity index is 827. The van der Waals surface area contributed by atoms with Gasteiger partial charge in [-0.15, -0.1) is 11.3 Å². The van der Waals surface area contributed by atoms with Crippen molar-refractivity contribution in [2.75, 3.05) is 20.6 Å². The van der Waals surface area contributed by atoms with Gasteiger partial charge in [-0.05, 0) is 43.6 Å². The second-order valence-corrected chi connectivity index (χ2v) is 7.16. The molecule has 0 atom stereocenters. The summed E-state index contributed by atoms with van der Waals surface area (Å²) in [5.74, 6) is 0.157. The molecule has 3 rings (SSSR count). The van der Waals surface area contributed by atoms with Crippen molar-refractivity contribution in [2.45, 2.75) is 19.4 Å². The third kappa shape index (κ3) is 4.39. The molecule has 0 unspecified atom stereocenters. The van der Waals surface area contributed by atoms with Crippen LogP contribution in [-0.4, -0.2) is 41.2 Å². The van der Waals surface area contributed by atoms with Crippen LogP contribution in [0.5, 0.6) is 0 Å². The third-order valence-corrected chi connectivity index (χ3v) is 5.09. The van der Waals surface area contributed by atoms with Gasteiger partial charge >= 0.3 is 0 Å². The first-order chi connectivity index (χ1) is 12.7. The van der Waals surface area contributed by atoms with E-state index in [1.807, 2.05) is 66.8 Å². The van der Waals surface area contributed by atoms with Crippen molar-refractivity contribution in [1.82, 2.24) is 20.0 Å². The highest BCUT2D eigenvalue weighted by Gasteiger charge is 2.17. The van der Waals surface area contributed by atoms with Crippen molar-refractivity contribution in [3.05, 3.63) is 59.6 Å². The number of aromatic nitrogens is 2. The van der Waals surface area contributed by atoms with Crippen LogP contribution in [0.3, 0.4) is 0 Å². The van der Waals surface area contributed by atoms with Gasteiger partial charge in [0, 0.05) is 31.8 Å².